The van der Waals surface area contributed by atoms with Crippen molar-refractivity contribution >= 4 is 45.9 Å². The number of carbonyl (C=O) groups excluding carboxylic acids is 1. The second kappa shape index (κ2) is 5.01. The van der Waals surface area contributed by atoms with Crippen LogP contribution in [-0.2, 0) is 4.74 Å². The Hall–Kier alpha value is -2.12. The Labute approximate surface area is 127 Å². The number of nitrogens with one attached hydrogen (secondary N) is 1. The van der Waals surface area contributed by atoms with E-state index >= 15 is 0 Å². The van der Waals surface area contributed by atoms with E-state index in [1.54, 1.807) is 19.1 Å². The molecule has 0 amide bonds. The summed E-state index contributed by atoms with van der Waals surface area (Å²) in [5.74, 6) is -0.933. The van der Waals surface area contributed by atoms with Gasteiger partial charge in [-0.2, -0.15) is 4.98 Å². The highest BCUT2D eigenvalue weighted by atomic mass is 35.5. The molecule has 21 heavy (non-hydrogen) atoms. The number of hydrogen-bond donors (Lipinski definition) is 1. The topological polar surface area (TPSA) is 89.3 Å². The number of benzene rings is 1. The molecule has 3 aromatic rings. The van der Waals surface area contributed by atoms with E-state index in [2.05, 4.69) is 15.1 Å². The van der Waals surface area contributed by atoms with Crippen LogP contribution in [0.2, 0.25) is 10.0 Å². The first kappa shape index (κ1) is 13.8. The molecule has 9 heteroatoms. The molecule has 7 nitrogen and oxygen atoms in total. The molecular weight excluding hydrogens is 319 g/mol. The Balaban J connectivity index is 2.40. The van der Waals surface area contributed by atoms with Crippen molar-refractivity contribution in [1.82, 2.24) is 19.6 Å². The van der Waals surface area contributed by atoms with Gasteiger partial charge >= 0.3 is 5.97 Å². The summed E-state index contributed by atoms with van der Waals surface area (Å²) < 4.78 is 6.00. The minimum atomic E-state index is -0.716. The number of carbonyl (C=O) groups is 1. The Morgan fingerprint density at radius 3 is 2.90 bits per heavy atom. The predicted molar refractivity (Wildman–Crippen MR) is 77.1 cm³/mol. The van der Waals surface area contributed by atoms with E-state index in [1.807, 2.05) is 0 Å². The first-order valence-corrected chi connectivity index (χ1v) is 6.72. The highest BCUT2D eigenvalue weighted by Gasteiger charge is 2.19. The molecule has 108 valence electrons. The molecule has 2 aromatic heterocycles. The van der Waals surface area contributed by atoms with Crippen molar-refractivity contribution in [2.24, 2.45) is 0 Å². The van der Waals surface area contributed by atoms with Gasteiger partial charge in [0.15, 0.2) is 0 Å². The molecule has 0 aliphatic rings. The standard InChI is InChI=1S/C12H8Cl2N4O3/c1-2-21-12(20)9-16-10-11(19)15-6-4-3-5(13)7(14)8(6)18(10)17-9/h3-4H,2H2,1H3,(H,15,19). The Bertz CT molecular complexity index is 932. The number of ether oxygens (including phenoxy) is 1. The first-order valence-electron chi connectivity index (χ1n) is 5.96. The van der Waals surface area contributed by atoms with Gasteiger partial charge in [0.1, 0.15) is 5.52 Å². The van der Waals surface area contributed by atoms with Gasteiger partial charge in [-0.25, -0.2) is 9.31 Å². The summed E-state index contributed by atoms with van der Waals surface area (Å²) in [5.41, 5.74) is 0.239. The van der Waals surface area contributed by atoms with E-state index in [9.17, 15) is 9.59 Å². The van der Waals surface area contributed by atoms with Crippen molar-refractivity contribution in [3.63, 3.8) is 0 Å². The van der Waals surface area contributed by atoms with Gasteiger partial charge in [0.25, 0.3) is 11.4 Å². The molecule has 0 fully saturated rings. The minimum absolute atomic E-state index is 0.0604. The first-order chi connectivity index (χ1) is 10.0. The third-order valence-electron chi connectivity index (χ3n) is 2.80. The van der Waals surface area contributed by atoms with Crippen molar-refractivity contribution in [2.45, 2.75) is 6.92 Å². The van der Waals surface area contributed by atoms with E-state index in [-0.39, 0.29) is 23.1 Å². The van der Waals surface area contributed by atoms with Crippen molar-refractivity contribution in [3.8, 4) is 0 Å². The van der Waals surface area contributed by atoms with Crippen LogP contribution in [0.4, 0.5) is 0 Å². The fraction of sp³-hybridized carbons (Fsp3) is 0.167. The normalized spacial score (nSPS) is 11.2. The van der Waals surface area contributed by atoms with Crippen LogP contribution in [-0.4, -0.2) is 32.2 Å². The molecule has 0 atom stereocenters. The molecule has 0 saturated heterocycles. The van der Waals surface area contributed by atoms with Crippen molar-refractivity contribution in [2.75, 3.05) is 6.61 Å². The van der Waals surface area contributed by atoms with Crippen LogP contribution in [0.5, 0.6) is 0 Å². The lowest BCUT2D eigenvalue weighted by Gasteiger charge is -2.03. The molecule has 0 bridgehead atoms. The Morgan fingerprint density at radius 1 is 1.43 bits per heavy atom. The summed E-state index contributed by atoms with van der Waals surface area (Å²) >= 11 is 12.1. The van der Waals surface area contributed by atoms with E-state index in [0.29, 0.717) is 16.1 Å². The lowest BCUT2D eigenvalue weighted by molar-refractivity contribution is 0.0512. The van der Waals surface area contributed by atoms with E-state index in [1.165, 1.54) is 4.52 Å². The summed E-state index contributed by atoms with van der Waals surface area (Å²) in [7, 11) is 0. The zero-order valence-electron chi connectivity index (χ0n) is 10.7. The van der Waals surface area contributed by atoms with Crippen molar-refractivity contribution < 1.29 is 9.53 Å². The number of rotatable bonds is 2. The third kappa shape index (κ3) is 2.14. The number of nitrogens with zero attached hydrogens (tertiary/aromatic N) is 3. The molecule has 1 aromatic carbocycles. The second-order valence-corrected chi connectivity index (χ2v) is 4.89. The number of aromatic nitrogens is 4. The quantitative estimate of drug-likeness (QED) is 0.728. The molecule has 0 radical (unpaired) electrons. The third-order valence-corrected chi connectivity index (χ3v) is 3.59. The van der Waals surface area contributed by atoms with Gasteiger partial charge in [-0.1, -0.05) is 23.2 Å². The predicted octanol–water partition coefficient (Wildman–Crippen LogP) is 2.05. The molecule has 0 aliphatic heterocycles. The van der Waals surface area contributed by atoms with E-state index in [0.717, 1.165) is 0 Å². The SMILES string of the molecule is CCOC(=O)c1nc2c(=O)[nH]c3ccc(Cl)c(Cl)c3n2n1. The fourth-order valence-corrected chi connectivity index (χ4v) is 2.32. The maximum absolute atomic E-state index is 12.0. The molecule has 0 aliphatic carbocycles. The molecule has 0 saturated carbocycles. The van der Waals surface area contributed by atoms with Gasteiger partial charge < -0.3 is 9.72 Å². The van der Waals surface area contributed by atoms with E-state index < -0.39 is 11.5 Å². The maximum Gasteiger partial charge on any atom is 0.378 e. The average molecular weight is 327 g/mol. The number of aromatic amines is 1. The van der Waals surface area contributed by atoms with Crippen LogP contribution in [0, 0.1) is 0 Å². The summed E-state index contributed by atoms with van der Waals surface area (Å²) in [6, 6.07) is 3.15. The number of H-pyrrole nitrogens is 1. The molecule has 2 heterocycles. The highest BCUT2D eigenvalue weighted by Crippen LogP contribution is 2.29. The van der Waals surface area contributed by atoms with Crippen molar-refractivity contribution in [3.05, 3.63) is 38.4 Å². The number of fused-ring (bicyclic) bond motifs is 3. The van der Waals surface area contributed by atoms with Gasteiger partial charge in [0.2, 0.25) is 5.65 Å². The van der Waals surface area contributed by atoms with Gasteiger partial charge in [0.05, 0.1) is 22.2 Å². The number of halogens is 2. The minimum Gasteiger partial charge on any atom is -0.460 e. The highest BCUT2D eigenvalue weighted by molar-refractivity contribution is 6.44. The smallest absolute Gasteiger partial charge is 0.378 e. The Morgan fingerprint density at radius 2 is 2.19 bits per heavy atom. The lowest BCUT2D eigenvalue weighted by atomic mass is 10.3. The zero-order valence-corrected chi connectivity index (χ0v) is 12.2. The lowest BCUT2D eigenvalue weighted by Crippen LogP contribution is -2.11. The summed E-state index contributed by atoms with van der Waals surface area (Å²) in [6.07, 6.45) is 0. The summed E-state index contributed by atoms with van der Waals surface area (Å²) in [6.45, 7) is 1.84. The monoisotopic (exact) mass is 326 g/mol. The van der Waals surface area contributed by atoms with Crippen LogP contribution in [0.3, 0.4) is 0 Å². The maximum atomic E-state index is 12.0. The van der Waals surface area contributed by atoms with Gasteiger partial charge in [-0.3, -0.25) is 4.79 Å². The van der Waals surface area contributed by atoms with Crippen LogP contribution < -0.4 is 5.56 Å². The molecule has 0 unspecified atom stereocenters. The van der Waals surface area contributed by atoms with Crippen molar-refractivity contribution in [1.29, 1.82) is 0 Å². The second-order valence-electron chi connectivity index (χ2n) is 4.10. The van der Waals surface area contributed by atoms with Crippen LogP contribution in [0.25, 0.3) is 16.7 Å². The molecule has 0 spiro atoms. The van der Waals surface area contributed by atoms with E-state index in [4.69, 9.17) is 27.9 Å². The molecule has 3 rings (SSSR count). The number of hydrogen-bond acceptors (Lipinski definition) is 5. The van der Waals surface area contributed by atoms with Gasteiger partial charge in [0, 0.05) is 0 Å². The largest absolute Gasteiger partial charge is 0.460 e. The van der Waals surface area contributed by atoms with Crippen LogP contribution in [0.1, 0.15) is 17.5 Å². The summed E-state index contributed by atoms with van der Waals surface area (Å²) in [4.78, 5) is 30.2. The van der Waals surface area contributed by atoms with Gasteiger partial charge in [-0.05, 0) is 19.1 Å². The average Bonchev–Trinajstić information content (AvgIpc) is 2.89. The zero-order chi connectivity index (χ0) is 15.1. The van der Waals surface area contributed by atoms with Crippen LogP contribution >= 0.6 is 23.2 Å². The fourth-order valence-electron chi connectivity index (χ4n) is 1.92. The summed E-state index contributed by atoms with van der Waals surface area (Å²) in [5, 5.41) is 4.49. The Kier molecular flexibility index (Phi) is 3.30. The van der Waals surface area contributed by atoms with Gasteiger partial charge in [-0.15, -0.1) is 5.10 Å². The molecule has 1 N–H and O–H groups in total. The number of esters is 1. The van der Waals surface area contributed by atoms with Crippen LogP contribution in [0.15, 0.2) is 16.9 Å². The molecular formula is C12H8Cl2N4O3.